The van der Waals surface area contributed by atoms with Crippen molar-refractivity contribution in [3.63, 3.8) is 0 Å². The zero-order valence-corrected chi connectivity index (χ0v) is 9.84. The molecule has 2 N–H and O–H groups in total. The number of Topliss-reactive ketones (excluding diaryl/α,β-unsaturated/α-hetero) is 1. The van der Waals surface area contributed by atoms with Gasteiger partial charge in [-0.2, -0.15) is 0 Å². The Morgan fingerprint density at radius 1 is 1.25 bits per heavy atom. The van der Waals surface area contributed by atoms with Crippen LogP contribution in [0.2, 0.25) is 0 Å². The summed E-state index contributed by atoms with van der Waals surface area (Å²) in [7, 11) is 0. The van der Waals surface area contributed by atoms with Gasteiger partial charge >= 0.3 is 0 Å². The highest BCUT2D eigenvalue weighted by molar-refractivity contribution is 5.96. The lowest BCUT2D eigenvalue weighted by atomic mass is 10.1. The summed E-state index contributed by atoms with van der Waals surface area (Å²) < 4.78 is 0. The van der Waals surface area contributed by atoms with E-state index in [2.05, 4.69) is 5.32 Å². The van der Waals surface area contributed by atoms with Crippen LogP contribution in [-0.2, 0) is 11.3 Å². The molecule has 0 aliphatic rings. The molecule has 1 aromatic rings. The van der Waals surface area contributed by atoms with Gasteiger partial charge in [0.1, 0.15) is 5.78 Å². The smallest absolute Gasteiger partial charge is 0.131 e. The molecule has 0 saturated heterocycles. The number of carbonyl (C=O) groups excluding carboxylic acids is 1. The monoisotopic (exact) mass is 218 g/mol. The highest BCUT2D eigenvalue weighted by atomic mass is 16.1. The van der Waals surface area contributed by atoms with Crippen LogP contribution in [-0.4, -0.2) is 18.0 Å². The van der Waals surface area contributed by atoms with Crippen LogP contribution in [0.3, 0.4) is 0 Å². The fourth-order valence-corrected chi connectivity index (χ4v) is 1.37. The summed E-state index contributed by atoms with van der Waals surface area (Å²) in [6.07, 6.45) is 0.581. The van der Waals surface area contributed by atoms with Gasteiger partial charge < -0.3 is 10.7 Å². The van der Waals surface area contributed by atoms with Gasteiger partial charge in [0.05, 0.1) is 0 Å². The molecule has 0 radical (unpaired) electrons. The molecule has 3 nitrogen and oxygen atoms in total. The minimum Gasteiger partial charge on any atom is -0.312 e. The van der Waals surface area contributed by atoms with Gasteiger partial charge in [0.2, 0.25) is 0 Å². The molecule has 0 amide bonds. The minimum atomic E-state index is 0.210. The number of hydrogen-bond donors (Lipinski definition) is 2. The van der Waals surface area contributed by atoms with Crippen LogP contribution in [0.25, 0.3) is 0 Å². The molecule has 1 rings (SSSR count). The van der Waals surface area contributed by atoms with Crippen molar-refractivity contribution in [1.82, 2.24) is 5.32 Å². The van der Waals surface area contributed by atoms with Crippen molar-refractivity contribution in [2.75, 3.05) is 6.54 Å². The molecule has 1 aromatic carbocycles. The third kappa shape index (κ3) is 4.36. The molecule has 3 heteroatoms. The van der Waals surface area contributed by atoms with Crippen molar-refractivity contribution in [2.24, 2.45) is 0 Å². The lowest BCUT2D eigenvalue weighted by Crippen LogP contribution is -2.16. The first-order chi connectivity index (χ1) is 7.59. The molecule has 0 aliphatic heterocycles. The second-order valence-electron chi connectivity index (χ2n) is 3.95. The largest absolute Gasteiger partial charge is 0.312 e. The summed E-state index contributed by atoms with van der Waals surface area (Å²) in [6.45, 7) is 4.87. The van der Waals surface area contributed by atoms with E-state index in [1.54, 1.807) is 13.8 Å². The fourth-order valence-electron chi connectivity index (χ4n) is 1.37. The van der Waals surface area contributed by atoms with Crippen molar-refractivity contribution in [3.8, 4) is 0 Å². The highest BCUT2D eigenvalue weighted by Crippen LogP contribution is 2.04. The van der Waals surface area contributed by atoms with Gasteiger partial charge in [-0.3, -0.25) is 4.79 Å². The zero-order valence-electron chi connectivity index (χ0n) is 9.84. The maximum absolute atomic E-state index is 10.7. The first kappa shape index (κ1) is 12.6. The molecule has 0 fully saturated rings. The predicted molar refractivity (Wildman–Crippen MR) is 65.9 cm³/mol. The Hall–Kier alpha value is -1.48. The normalized spacial score (nSPS) is 10.1. The van der Waals surface area contributed by atoms with Crippen molar-refractivity contribution in [2.45, 2.75) is 26.8 Å². The second-order valence-corrected chi connectivity index (χ2v) is 3.95. The SMILES string of the molecule is CC(=N)c1ccc(CNCCC(C)=O)cc1. The van der Waals surface area contributed by atoms with E-state index in [4.69, 9.17) is 5.41 Å². The molecule has 0 unspecified atom stereocenters. The summed E-state index contributed by atoms with van der Waals surface area (Å²) in [5.74, 6) is 0.210. The van der Waals surface area contributed by atoms with Crippen molar-refractivity contribution < 1.29 is 4.79 Å². The van der Waals surface area contributed by atoms with Crippen molar-refractivity contribution >= 4 is 11.5 Å². The molecule has 0 saturated carbocycles. The summed E-state index contributed by atoms with van der Waals surface area (Å²) in [5.41, 5.74) is 2.71. The van der Waals surface area contributed by atoms with Crippen molar-refractivity contribution in [3.05, 3.63) is 35.4 Å². The van der Waals surface area contributed by atoms with Crippen LogP contribution >= 0.6 is 0 Å². The molecular weight excluding hydrogens is 200 g/mol. The van der Waals surface area contributed by atoms with E-state index in [0.29, 0.717) is 12.1 Å². The predicted octanol–water partition coefficient (Wildman–Crippen LogP) is 2.14. The Kier molecular flexibility index (Phi) is 4.86. The molecule has 0 spiro atoms. The number of benzene rings is 1. The topological polar surface area (TPSA) is 53.0 Å². The fraction of sp³-hybridized carbons (Fsp3) is 0.385. The molecular formula is C13H18N2O. The summed E-state index contributed by atoms with van der Waals surface area (Å²) in [6, 6.07) is 7.91. The number of carbonyl (C=O) groups is 1. The third-order valence-electron chi connectivity index (χ3n) is 2.37. The average Bonchev–Trinajstić information content (AvgIpc) is 2.25. The van der Waals surface area contributed by atoms with E-state index in [-0.39, 0.29) is 5.78 Å². The van der Waals surface area contributed by atoms with Gasteiger partial charge in [0.15, 0.2) is 0 Å². The Bertz CT molecular complexity index is 368. The lowest BCUT2D eigenvalue weighted by molar-refractivity contribution is -0.116. The molecule has 0 atom stereocenters. The van der Waals surface area contributed by atoms with Crippen LogP contribution in [0.5, 0.6) is 0 Å². The quantitative estimate of drug-likeness (QED) is 0.567. The van der Waals surface area contributed by atoms with Gasteiger partial charge in [0, 0.05) is 25.2 Å². The molecule has 16 heavy (non-hydrogen) atoms. The first-order valence-electron chi connectivity index (χ1n) is 5.44. The molecule has 0 heterocycles. The minimum absolute atomic E-state index is 0.210. The standard InChI is InChI=1S/C13H18N2O/c1-10(16)7-8-15-9-12-3-5-13(6-4-12)11(2)14/h3-6,14-15H,7-9H2,1-2H3. The molecule has 0 aromatic heterocycles. The van der Waals surface area contributed by atoms with Crippen LogP contribution in [0.4, 0.5) is 0 Å². The summed E-state index contributed by atoms with van der Waals surface area (Å²) in [4.78, 5) is 10.7. The average molecular weight is 218 g/mol. The third-order valence-corrected chi connectivity index (χ3v) is 2.37. The second kappa shape index (κ2) is 6.18. The number of ketones is 1. The summed E-state index contributed by atoms with van der Waals surface area (Å²) in [5, 5.41) is 10.7. The molecule has 0 aliphatic carbocycles. The molecule has 86 valence electrons. The number of hydrogen-bond acceptors (Lipinski definition) is 3. The van der Waals surface area contributed by atoms with Crippen LogP contribution < -0.4 is 5.32 Å². The van der Waals surface area contributed by atoms with Crippen LogP contribution in [0.15, 0.2) is 24.3 Å². The van der Waals surface area contributed by atoms with E-state index in [0.717, 1.165) is 18.7 Å². The summed E-state index contributed by atoms with van der Waals surface area (Å²) >= 11 is 0. The zero-order chi connectivity index (χ0) is 12.0. The Labute approximate surface area is 96.4 Å². The van der Waals surface area contributed by atoms with Gasteiger partial charge in [-0.05, 0) is 25.0 Å². The van der Waals surface area contributed by atoms with E-state index >= 15 is 0 Å². The lowest BCUT2D eigenvalue weighted by Gasteiger charge is -2.04. The number of rotatable bonds is 6. The van der Waals surface area contributed by atoms with E-state index in [1.807, 2.05) is 24.3 Å². The van der Waals surface area contributed by atoms with Crippen molar-refractivity contribution in [1.29, 1.82) is 5.41 Å². The Balaban J connectivity index is 2.38. The van der Waals surface area contributed by atoms with Crippen LogP contribution in [0.1, 0.15) is 31.4 Å². The Morgan fingerprint density at radius 2 is 1.88 bits per heavy atom. The Morgan fingerprint density at radius 3 is 2.38 bits per heavy atom. The number of nitrogens with one attached hydrogen (secondary N) is 2. The van der Waals surface area contributed by atoms with Gasteiger partial charge in [-0.1, -0.05) is 24.3 Å². The van der Waals surface area contributed by atoms with Gasteiger partial charge in [-0.25, -0.2) is 0 Å². The first-order valence-corrected chi connectivity index (χ1v) is 5.44. The van der Waals surface area contributed by atoms with Crippen LogP contribution in [0, 0.1) is 5.41 Å². The maximum Gasteiger partial charge on any atom is 0.131 e. The highest BCUT2D eigenvalue weighted by Gasteiger charge is 1.97. The maximum atomic E-state index is 10.7. The van der Waals surface area contributed by atoms with E-state index in [9.17, 15) is 4.79 Å². The van der Waals surface area contributed by atoms with E-state index in [1.165, 1.54) is 5.56 Å². The van der Waals surface area contributed by atoms with Gasteiger partial charge in [0.25, 0.3) is 0 Å². The molecule has 0 bridgehead atoms. The van der Waals surface area contributed by atoms with Gasteiger partial charge in [-0.15, -0.1) is 0 Å². The van der Waals surface area contributed by atoms with E-state index < -0.39 is 0 Å².